The summed E-state index contributed by atoms with van der Waals surface area (Å²) in [5.41, 5.74) is 5.09. The van der Waals surface area contributed by atoms with Crippen LogP contribution in [0.25, 0.3) is 0 Å². The lowest BCUT2D eigenvalue weighted by Crippen LogP contribution is -2.35. The van der Waals surface area contributed by atoms with Gasteiger partial charge in [0.25, 0.3) is 0 Å². The van der Waals surface area contributed by atoms with E-state index in [-0.39, 0.29) is 5.91 Å². The molecule has 1 aromatic carbocycles. The molecule has 3 heterocycles. The number of benzene rings is 1. The van der Waals surface area contributed by atoms with Crippen LogP contribution in [0.4, 0.5) is 5.69 Å². The summed E-state index contributed by atoms with van der Waals surface area (Å²) in [6.45, 7) is 11.1. The summed E-state index contributed by atoms with van der Waals surface area (Å²) in [4.78, 5) is 15.3. The topological polar surface area (TPSA) is 75.5 Å². The molecule has 180 valence electrons. The van der Waals surface area contributed by atoms with Gasteiger partial charge in [-0.25, -0.2) is 8.42 Å². The Kier molecular flexibility index (Phi) is 6.96. The Hall–Kier alpha value is -2.19. The molecule has 0 aliphatic carbocycles. The van der Waals surface area contributed by atoms with Crippen molar-refractivity contribution in [2.75, 3.05) is 24.5 Å². The average Bonchev–Trinajstić information content (AvgIpc) is 3.32. The maximum absolute atomic E-state index is 13.1. The highest BCUT2D eigenvalue weighted by molar-refractivity contribution is 7.89. The first kappa shape index (κ1) is 24.0. The number of carbonyl (C=O) groups is 1. The first-order valence-corrected chi connectivity index (χ1v) is 13.6. The van der Waals surface area contributed by atoms with Crippen molar-refractivity contribution < 1.29 is 13.2 Å². The van der Waals surface area contributed by atoms with Gasteiger partial charge in [0.05, 0.1) is 10.6 Å². The number of nitrogens with zero attached hydrogens (tertiary/aromatic N) is 4. The lowest BCUT2D eigenvalue weighted by Gasteiger charge is -2.26. The number of piperidine rings is 1. The van der Waals surface area contributed by atoms with E-state index >= 15 is 0 Å². The maximum Gasteiger partial charge on any atom is 0.243 e. The molecule has 2 aliphatic rings. The molecule has 0 saturated carbocycles. The van der Waals surface area contributed by atoms with Gasteiger partial charge in [-0.3, -0.25) is 9.48 Å². The molecule has 4 rings (SSSR count). The number of hydrogen-bond acceptors (Lipinski definition) is 4. The van der Waals surface area contributed by atoms with E-state index in [9.17, 15) is 13.2 Å². The highest BCUT2D eigenvalue weighted by Gasteiger charge is 2.30. The summed E-state index contributed by atoms with van der Waals surface area (Å²) in [5, 5.41) is 4.66. The monoisotopic (exact) mass is 472 g/mol. The fourth-order valence-corrected chi connectivity index (χ4v) is 6.61. The third kappa shape index (κ3) is 4.87. The molecule has 0 bridgehead atoms. The van der Waals surface area contributed by atoms with Crippen LogP contribution in [0, 0.1) is 19.8 Å². The van der Waals surface area contributed by atoms with Gasteiger partial charge in [-0.1, -0.05) is 20.3 Å². The molecule has 0 radical (unpaired) electrons. The number of anilines is 1. The molecule has 2 aromatic rings. The minimum absolute atomic E-state index is 0.0794. The van der Waals surface area contributed by atoms with Crippen molar-refractivity contribution in [3.05, 3.63) is 40.7 Å². The Labute approximate surface area is 197 Å². The second-order valence-electron chi connectivity index (χ2n) is 9.78. The largest absolute Gasteiger partial charge is 0.312 e. The van der Waals surface area contributed by atoms with Crippen LogP contribution in [0.3, 0.4) is 0 Å². The number of sulfonamides is 1. The molecule has 0 atom stereocenters. The van der Waals surface area contributed by atoms with Crippen LogP contribution in [-0.2, 0) is 34.2 Å². The van der Waals surface area contributed by atoms with Gasteiger partial charge in [0, 0.05) is 44.0 Å². The first-order chi connectivity index (χ1) is 15.7. The van der Waals surface area contributed by atoms with Crippen molar-refractivity contribution >= 4 is 21.6 Å². The van der Waals surface area contributed by atoms with Crippen molar-refractivity contribution in [2.45, 2.75) is 77.7 Å². The van der Waals surface area contributed by atoms with E-state index in [1.807, 2.05) is 17.9 Å². The molecule has 1 fully saturated rings. The van der Waals surface area contributed by atoms with E-state index in [1.54, 1.807) is 16.4 Å². The number of aromatic nitrogens is 2. The van der Waals surface area contributed by atoms with Crippen LogP contribution in [0.5, 0.6) is 0 Å². The van der Waals surface area contributed by atoms with Crippen molar-refractivity contribution in [3.8, 4) is 0 Å². The molecule has 1 amide bonds. The predicted octanol–water partition coefficient (Wildman–Crippen LogP) is 3.85. The second-order valence-corrected chi connectivity index (χ2v) is 11.7. The van der Waals surface area contributed by atoms with Gasteiger partial charge in [-0.15, -0.1) is 0 Å². The number of fused-ring (bicyclic) bond motifs is 1. The summed E-state index contributed by atoms with van der Waals surface area (Å²) in [6.07, 6.45) is 4.70. The summed E-state index contributed by atoms with van der Waals surface area (Å²) >= 11 is 0. The number of amides is 1. The molecule has 0 unspecified atom stereocenters. The van der Waals surface area contributed by atoms with Gasteiger partial charge in [0.1, 0.15) is 0 Å². The Balaban J connectivity index is 1.45. The first-order valence-electron chi connectivity index (χ1n) is 12.1. The molecule has 1 saturated heterocycles. The van der Waals surface area contributed by atoms with E-state index in [1.165, 1.54) is 0 Å². The molecular weight excluding hydrogens is 436 g/mol. The lowest BCUT2D eigenvalue weighted by molar-refractivity contribution is -0.118. The van der Waals surface area contributed by atoms with Crippen molar-refractivity contribution in [2.24, 2.45) is 5.92 Å². The highest BCUT2D eigenvalue weighted by atomic mass is 32.2. The van der Waals surface area contributed by atoms with Gasteiger partial charge >= 0.3 is 0 Å². The molecule has 0 spiro atoms. The van der Waals surface area contributed by atoms with Crippen LogP contribution < -0.4 is 4.90 Å². The van der Waals surface area contributed by atoms with Gasteiger partial charge in [-0.2, -0.15) is 9.40 Å². The van der Waals surface area contributed by atoms with Crippen molar-refractivity contribution in [1.29, 1.82) is 0 Å². The highest BCUT2D eigenvalue weighted by Crippen LogP contribution is 2.32. The van der Waals surface area contributed by atoms with Crippen LogP contribution in [0.15, 0.2) is 23.1 Å². The van der Waals surface area contributed by atoms with Crippen LogP contribution >= 0.6 is 0 Å². The molecule has 0 N–H and O–H groups in total. The summed E-state index contributed by atoms with van der Waals surface area (Å²) in [7, 11) is -3.46. The molecule has 7 nitrogen and oxygen atoms in total. The average molecular weight is 473 g/mol. The minimum atomic E-state index is -3.46. The predicted molar refractivity (Wildman–Crippen MR) is 130 cm³/mol. The van der Waals surface area contributed by atoms with E-state index < -0.39 is 10.0 Å². The van der Waals surface area contributed by atoms with Crippen LogP contribution in [-0.4, -0.2) is 48.0 Å². The number of aryl methyl sites for hydroxylation is 1. The fourth-order valence-electron chi connectivity index (χ4n) is 5.04. The Morgan fingerprint density at radius 1 is 1.09 bits per heavy atom. The molecular formula is C25H36N4O3S. The summed E-state index contributed by atoms with van der Waals surface area (Å²) < 4.78 is 29.7. The van der Waals surface area contributed by atoms with Gasteiger partial charge in [-0.05, 0) is 74.8 Å². The van der Waals surface area contributed by atoms with E-state index in [0.717, 1.165) is 54.0 Å². The third-order valence-corrected chi connectivity index (χ3v) is 8.75. The summed E-state index contributed by atoms with van der Waals surface area (Å²) in [6, 6.07) is 5.25. The van der Waals surface area contributed by atoms with Gasteiger partial charge in [0.2, 0.25) is 15.9 Å². The molecule has 2 aliphatic heterocycles. The summed E-state index contributed by atoms with van der Waals surface area (Å²) in [5.74, 6) is 0.595. The number of carbonyl (C=O) groups excluding carboxylic acids is 1. The van der Waals surface area contributed by atoms with Gasteiger partial charge < -0.3 is 4.90 Å². The van der Waals surface area contributed by atoms with Crippen molar-refractivity contribution in [1.82, 2.24) is 14.1 Å². The molecule has 1 aromatic heterocycles. The zero-order valence-electron chi connectivity index (χ0n) is 20.3. The number of hydrogen-bond donors (Lipinski definition) is 0. The van der Waals surface area contributed by atoms with E-state index in [2.05, 4.69) is 30.6 Å². The Bertz CT molecular complexity index is 1130. The van der Waals surface area contributed by atoms with Crippen LogP contribution in [0.2, 0.25) is 0 Å². The second kappa shape index (κ2) is 9.58. The lowest BCUT2D eigenvalue weighted by atomic mass is 10.1. The maximum atomic E-state index is 13.1. The molecule has 8 heteroatoms. The Morgan fingerprint density at radius 2 is 1.82 bits per heavy atom. The third-order valence-electron chi connectivity index (χ3n) is 6.86. The molecule has 33 heavy (non-hydrogen) atoms. The standard InChI is InChI=1S/C25H36N4O3S/c1-18(2)17-29-20(4)23(19(3)26-29)9-11-25(30)28-15-12-21-16-22(8-10-24(21)28)33(31,32)27-13-6-5-7-14-27/h8,10,16,18H,5-7,9,11-15,17H2,1-4H3. The Morgan fingerprint density at radius 3 is 2.52 bits per heavy atom. The smallest absolute Gasteiger partial charge is 0.243 e. The van der Waals surface area contributed by atoms with E-state index in [0.29, 0.717) is 49.7 Å². The van der Waals surface area contributed by atoms with Crippen molar-refractivity contribution in [3.63, 3.8) is 0 Å². The zero-order valence-corrected chi connectivity index (χ0v) is 21.1. The van der Waals surface area contributed by atoms with Crippen LogP contribution in [0.1, 0.15) is 62.0 Å². The quantitative estimate of drug-likeness (QED) is 0.613. The SMILES string of the molecule is Cc1nn(CC(C)C)c(C)c1CCC(=O)N1CCc2cc(S(=O)(=O)N3CCCCC3)ccc21. The number of rotatable bonds is 7. The van der Waals surface area contributed by atoms with E-state index in [4.69, 9.17) is 0 Å². The minimum Gasteiger partial charge on any atom is -0.312 e. The zero-order chi connectivity index (χ0) is 23.8. The van der Waals surface area contributed by atoms with Gasteiger partial charge in [0.15, 0.2) is 0 Å². The fraction of sp³-hybridized carbons (Fsp3) is 0.600. The normalized spacial score (nSPS) is 17.1.